The predicted octanol–water partition coefficient (Wildman–Crippen LogP) is 2.06. The van der Waals surface area contributed by atoms with Gasteiger partial charge in [-0.1, -0.05) is 26.0 Å². The summed E-state index contributed by atoms with van der Waals surface area (Å²) < 4.78 is 0. The van der Waals surface area contributed by atoms with Gasteiger partial charge in [-0.15, -0.1) is 0 Å². The second-order valence-electron chi connectivity index (χ2n) is 3.81. The third-order valence-electron chi connectivity index (χ3n) is 2.81. The Hall–Kier alpha value is -1.95. The fourth-order valence-electron chi connectivity index (χ4n) is 1.91. The Morgan fingerprint density at radius 1 is 1.44 bits per heavy atom. The summed E-state index contributed by atoms with van der Waals surface area (Å²) >= 11 is 0. The molecule has 1 atom stereocenters. The van der Waals surface area contributed by atoms with Crippen LogP contribution in [0.3, 0.4) is 0 Å². The van der Waals surface area contributed by atoms with Crippen LogP contribution in [0.2, 0.25) is 0 Å². The Morgan fingerprint density at radius 3 is 2.50 bits per heavy atom. The van der Waals surface area contributed by atoms with Crippen molar-refractivity contribution in [2.45, 2.75) is 19.9 Å². The number of carboxylic acids is 1. The summed E-state index contributed by atoms with van der Waals surface area (Å²) in [4.78, 5) is 23.2. The molecular formula is C12H16N2O4. The lowest BCUT2D eigenvalue weighted by Gasteiger charge is -2.26. The molecule has 18 heavy (non-hydrogen) atoms. The molecule has 0 saturated heterocycles. The van der Waals surface area contributed by atoms with Crippen molar-refractivity contribution in [2.75, 3.05) is 13.1 Å². The number of non-ortho nitro benzene ring substituents is 1. The molecule has 1 aromatic carbocycles. The molecule has 0 amide bonds. The van der Waals surface area contributed by atoms with Gasteiger partial charge in [0.05, 0.1) is 4.92 Å². The van der Waals surface area contributed by atoms with Crippen molar-refractivity contribution in [1.82, 2.24) is 4.90 Å². The fraction of sp³-hybridized carbons (Fsp3) is 0.417. The number of carboxylic acid groups (broad SMARTS) is 1. The molecular weight excluding hydrogens is 236 g/mol. The molecule has 0 aliphatic carbocycles. The number of nitro benzene ring substituents is 1. The molecule has 1 rings (SSSR count). The first-order valence-electron chi connectivity index (χ1n) is 5.72. The van der Waals surface area contributed by atoms with Crippen LogP contribution in [0.4, 0.5) is 5.69 Å². The van der Waals surface area contributed by atoms with Crippen molar-refractivity contribution in [3.63, 3.8) is 0 Å². The number of benzene rings is 1. The zero-order valence-electron chi connectivity index (χ0n) is 10.4. The van der Waals surface area contributed by atoms with E-state index in [0.29, 0.717) is 18.7 Å². The van der Waals surface area contributed by atoms with Gasteiger partial charge in [0.25, 0.3) is 5.69 Å². The van der Waals surface area contributed by atoms with Crippen LogP contribution >= 0.6 is 0 Å². The lowest BCUT2D eigenvalue weighted by molar-refractivity contribution is -0.384. The lowest BCUT2D eigenvalue weighted by atomic mass is 10.0. The summed E-state index contributed by atoms with van der Waals surface area (Å²) in [6.07, 6.45) is 0. The minimum Gasteiger partial charge on any atom is -0.480 e. The zero-order chi connectivity index (χ0) is 13.7. The monoisotopic (exact) mass is 252 g/mol. The van der Waals surface area contributed by atoms with Crippen LogP contribution < -0.4 is 0 Å². The Morgan fingerprint density at radius 2 is 2.06 bits per heavy atom. The zero-order valence-corrected chi connectivity index (χ0v) is 10.4. The van der Waals surface area contributed by atoms with Crippen molar-refractivity contribution in [3.05, 3.63) is 39.9 Å². The molecule has 6 nitrogen and oxygen atoms in total. The van der Waals surface area contributed by atoms with Crippen molar-refractivity contribution >= 4 is 11.7 Å². The smallest absolute Gasteiger partial charge is 0.325 e. The van der Waals surface area contributed by atoms with Crippen LogP contribution in [-0.4, -0.2) is 34.0 Å². The molecule has 1 N–H and O–H groups in total. The van der Waals surface area contributed by atoms with Crippen LogP contribution in [0.1, 0.15) is 25.5 Å². The first-order chi connectivity index (χ1) is 8.51. The Kier molecular flexibility index (Phi) is 4.79. The number of likely N-dealkylation sites (N-methyl/N-ethyl adjacent to an activating group) is 1. The van der Waals surface area contributed by atoms with Crippen molar-refractivity contribution < 1.29 is 14.8 Å². The van der Waals surface area contributed by atoms with Gasteiger partial charge in [0.2, 0.25) is 0 Å². The van der Waals surface area contributed by atoms with E-state index in [2.05, 4.69) is 0 Å². The van der Waals surface area contributed by atoms with Gasteiger partial charge >= 0.3 is 5.97 Å². The first-order valence-corrected chi connectivity index (χ1v) is 5.72. The van der Waals surface area contributed by atoms with E-state index in [0.717, 1.165) is 0 Å². The van der Waals surface area contributed by atoms with Gasteiger partial charge in [-0.25, -0.2) is 0 Å². The van der Waals surface area contributed by atoms with Gasteiger partial charge in [-0.2, -0.15) is 0 Å². The standard InChI is InChI=1S/C12H16N2O4/c1-3-13(4-2)11(12(15)16)9-6-5-7-10(8-9)14(17)18/h5-8,11H,3-4H2,1-2H3,(H,15,16). The van der Waals surface area contributed by atoms with Gasteiger partial charge < -0.3 is 5.11 Å². The lowest BCUT2D eigenvalue weighted by Crippen LogP contribution is -2.33. The quantitative estimate of drug-likeness (QED) is 0.618. The van der Waals surface area contributed by atoms with E-state index < -0.39 is 16.9 Å². The third-order valence-corrected chi connectivity index (χ3v) is 2.81. The average molecular weight is 252 g/mol. The van der Waals surface area contributed by atoms with Gasteiger partial charge in [-0.3, -0.25) is 19.8 Å². The Bertz CT molecular complexity index is 443. The van der Waals surface area contributed by atoms with E-state index >= 15 is 0 Å². The minimum absolute atomic E-state index is 0.0918. The van der Waals surface area contributed by atoms with Gasteiger partial charge in [0.1, 0.15) is 6.04 Å². The molecule has 98 valence electrons. The van der Waals surface area contributed by atoms with Gasteiger partial charge in [0, 0.05) is 12.1 Å². The van der Waals surface area contributed by atoms with E-state index in [1.165, 1.54) is 18.2 Å². The summed E-state index contributed by atoms with van der Waals surface area (Å²) in [6, 6.07) is 4.93. The highest BCUT2D eigenvalue weighted by Gasteiger charge is 2.26. The van der Waals surface area contributed by atoms with Crippen LogP contribution in [-0.2, 0) is 4.79 Å². The van der Waals surface area contributed by atoms with Crippen molar-refractivity contribution in [3.8, 4) is 0 Å². The topological polar surface area (TPSA) is 83.7 Å². The van der Waals surface area contributed by atoms with Crippen LogP contribution in [0.25, 0.3) is 0 Å². The summed E-state index contributed by atoms with van der Waals surface area (Å²) in [6.45, 7) is 4.85. The second-order valence-corrected chi connectivity index (χ2v) is 3.81. The fourth-order valence-corrected chi connectivity index (χ4v) is 1.91. The maximum Gasteiger partial charge on any atom is 0.325 e. The average Bonchev–Trinajstić information content (AvgIpc) is 2.35. The number of nitro groups is 1. The molecule has 1 aromatic rings. The number of aliphatic carboxylic acids is 1. The molecule has 0 radical (unpaired) electrons. The molecule has 6 heteroatoms. The summed E-state index contributed by atoms with van der Waals surface area (Å²) in [5, 5.41) is 20.0. The number of nitrogens with zero attached hydrogens (tertiary/aromatic N) is 2. The normalized spacial score (nSPS) is 12.4. The summed E-state index contributed by atoms with van der Waals surface area (Å²) in [5.41, 5.74) is 0.339. The molecule has 0 fully saturated rings. The first kappa shape index (κ1) is 14.1. The van der Waals surface area contributed by atoms with Gasteiger partial charge in [0.15, 0.2) is 0 Å². The van der Waals surface area contributed by atoms with E-state index in [1.54, 1.807) is 11.0 Å². The Balaban J connectivity index is 3.17. The second kappa shape index (κ2) is 6.11. The molecule has 0 spiro atoms. The summed E-state index contributed by atoms with van der Waals surface area (Å²) in [5.74, 6) is -1.00. The number of hydrogen-bond acceptors (Lipinski definition) is 4. The number of hydrogen-bond donors (Lipinski definition) is 1. The van der Waals surface area contributed by atoms with Crippen molar-refractivity contribution in [2.24, 2.45) is 0 Å². The van der Waals surface area contributed by atoms with E-state index in [-0.39, 0.29) is 5.69 Å². The highest BCUT2D eigenvalue weighted by atomic mass is 16.6. The van der Waals surface area contributed by atoms with Crippen LogP contribution in [0, 0.1) is 10.1 Å². The molecule has 0 aliphatic rings. The van der Waals surface area contributed by atoms with E-state index in [1.807, 2.05) is 13.8 Å². The van der Waals surface area contributed by atoms with Gasteiger partial charge in [-0.05, 0) is 18.7 Å². The molecule has 0 saturated carbocycles. The summed E-state index contributed by atoms with van der Waals surface area (Å²) in [7, 11) is 0. The molecule has 0 bridgehead atoms. The predicted molar refractivity (Wildman–Crippen MR) is 66.4 cm³/mol. The third kappa shape index (κ3) is 3.04. The largest absolute Gasteiger partial charge is 0.480 e. The van der Waals surface area contributed by atoms with E-state index in [9.17, 15) is 20.0 Å². The number of rotatable bonds is 6. The Labute approximate surface area is 105 Å². The number of carbonyl (C=O) groups is 1. The maximum atomic E-state index is 11.3. The molecule has 0 aromatic heterocycles. The minimum atomic E-state index is -1.00. The van der Waals surface area contributed by atoms with Crippen LogP contribution in [0.5, 0.6) is 0 Å². The SMILES string of the molecule is CCN(CC)C(C(=O)O)c1cccc([N+](=O)[O-])c1. The van der Waals surface area contributed by atoms with E-state index in [4.69, 9.17) is 0 Å². The molecule has 1 unspecified atom stereocenters. The maximum absolute atomic E-state index is 11.3. The highest BCUT2D eigenvalue weighted by molar-refractivity contribution is 5.75. The molecule has 0 heterocycles. The highest BCUT2D eigenvalue weighted by Crippen LogP contribution is 2.24. The van der Waals surface area contributed by atoms with Crippen molar-refractivity contribution in [1.29, 1.82) is 0 Å². The molecule has 0 aliphatic heterocycles. The van der Waals surface area contributed by atoms with Crippen LogP contribution in [0.15, 0.2) is 24.3 Å².